The van der Waals surface area contributed by atoms with Crippen molar-refractivity contribution in [1.82, 2.24) is 4.90 Å². The molecule has 0 aliphatic carbocycles. The molecule has 3 aromatic carbocycles. The highest BCUT2D eigenvalue weighted by atomic mass is 19.1. The van der Waals surface area contributed by atoms with Gasteiger partial charge in [0.25, 0.3) is 5.91 Å². The lowest BCUT2D eigenvalue weighted by Crippen LogP contribution is -2.37. The Hall–Kier alpha value is -3.41. The van der Waals surface area contributed by atoms with Gasteiger partial charge in [0.05, 0.1) is 0 Å². The summed E-state index contributed by atoms with van der Waals surface area (Å²) in [5.41, 5.74) is 0.652. The third-order valence-electron chi connectivity index (χ3n) is 4.42. The van der Waals surface area contributed by atoms with Gasteiger partial charge < -0.3 is 14.4 Å². The first-order valence-corrected chi connectivity index (χ1v) is 9.23. The number of rotatable bonds is 7. The van der Waals surface area contributed by atoms with Crippen molar-refractivity contribution in [2.45, 2.75) is 19.6 Å². The number of esters is 1. The summed E-state index contributed by atoms with van der Waals surface area (Å²) in [6.07, 6.45) is -0.971. The van der Waals surface area contributed by atoms with Crippen molar-refractivity contribution < 1.29 is 23.5 Å². The van der Waals surface area contributed by atoms with Gasteiger partial charge in [0.2, 0.25) is 0 Å². The van der Waals surface area contributed by atoms with Crippen LogP contribution in [-0.2, 0) is 20.9 Å². The minimum absolute atomic E-state index is 0.214. The van der Waals surface area contributed by atoms with Crippen LogP contribution in [0.4, 0.5) is 4.39 Å². The Kier molecular flexibility index (Phi) is 6.44. The van der Waals surface area contributed by atoms with E-state index in [9.17, 15) is 14.0 Å². The molecule has 6 heteroatoms. The Balaban J connectivity index is 1.50. The zero-order chi connectivity index (χ0) is 20.8. The number of likely N-dealkylation sites (N-methyl/N-ethyl adjacent to an activating group) is 1. The molecule has 3 aromatic rings. The van der Waals surface area contributed by atoms with E-state index in [-0.39, 0.29) is 24.9 Å². The van der Waals surface area contributed by atoms with Crippen LogP contribution in [0.15, 0.2) is 66.7 Å². The summed E-state index contributed by atoms with van der Waals surface area (Å²) < 4.78 is 23.9. The fourth-order valence-electron chi connectivity index (χ4n) is 2.98. The van der Waals surface area contributed by atoms with Gasteiger partial charge in [-0.15, -0.1) is 0 Å². The summed E-state index contributed by atoms with van der Waals surface area (Å²) in [7, 11) is 1.57. The number of hydrogen-bond acceptors (Lipinski definition) is 4. The molecule has 5 nitrogen and oxygen atoms in total. The Labute approximate surface area is 168 Å². The molecule has 1 atom stereocenters. The molecule has 0 fully saturated rings. The highest BCUT2D eigenvalue weighted by molar-refractivity contribution is 5.84. The molecule has 0 bridgehead atoms. The Morgan fingerprint density at radius 3 is 2.52 bits per heavy atom. The van der Waals surface area contributed by atoms with Gasteiger partial charge in [0, 0.05) is 13.6 Å². The van der Waals surface area contributed by atoms with E-state index in [0.717, 1.165) is 10.8 Å². The van der Waals surface area contributed by atoms with Crippen LogP contribution < -0.4 is 4.74 Å². The van der Waals surface area contributed by atoms with E-state index in [1.165, 1.54) is 24.0 Å². The van der Waals surface area contributed by atoms with E-state index >= 15 is 0 Å². The minimum atomic E-state index is -0.971. The van der Waals surface area contributed by atoms with Crippen LogP contribution in [0.2, 0.25) is 0 Å². The van der Waals surface area contributed by atoms with E-state index in [0.29, 0.717) is 11.3 Å². The maximum absolute atomic E-state index is 13.3. The van der Waals surface area contributed by atoms with Crippen molar-refractivity contribution in [3.05, 3.63) is 78.1 Å². The smallest absolute Gasteiger partial charge is 0.344 e. The van der Waals surface area contributed by atoms with E-state index in [1.807, 2.05) is 36.4 Å². The summed E-state index contributed by atoms with van der Waals surface area (Å²) in [6, 6.07) is 19.3. The molecule has 1 unspecified atom stereocenters. The van der Waals surface area contributed by atoms with E-state index in [4.69, 9.17) is 9.47 Å². The molecule has 0 radical (unpaired) electrons. The zero-order valence-electron chi connectivity index (χ0n) is 16.3. The molecule has 0 aromatic heterocycles. The van der Waals surface area contributed by atoms with Gasteiger partial charge in [-0.25, -0.2) is 9.18 Å². The van der Waals surface area contributed by atoms with Crippen molar-refractivity contribution in [3.8, 4) is 5.75 Å². The molecule has 0 heterocycles. The van der Waals surface area contributed by atoms with Crippen LogP contribution in [0.3, 0.4) is 0 Å². The first-order valence-electron chi connectivity index (χ1n) is 9.23. The number of carbonyl (C=O) groups excluding carboxylic acids is 2. The topological polar surface area (TPSA) is 55.8 Å². The monoisotopic (exact) mass is 395 g/mol. The first kappa shape index (κ1) is 20.3. The maximum Gasteiger partial charge on any atom is 0.344 e. The second kappa shape index (κ2) is 9.19. The molecule has 150 valence electrons. The molecular weight excluding hydrogens is 373 g/mol. The van der Waals surface area contributed by atoms with Crippen molar-refractivity contribution >= 4 is 22.6 Å². The van der Waals surface area contributed by atoms with Gasteiger partial charge in [-0.05, 0) is 47.5 Å². The lowest BCUT2D eigenvalue weighted by atomic mass is 10.1. The van der Waals surface area contributed by atoms with E-state index in [1.54, 1.807) is 25.2 Å². The summed E-state index contributed by atoms with van der Waals surface area (Å²) in [5.74, 6) is -0.844. The third kappa shape index (κ3) is 5.54. The Morgan fingerprint density at radius 1 is 1.00 bits per heavy atom. The lowest BCUT2D eigenvalue weighted by molar-refractivity contribution is -0.160. The van der Waals surface area contributed by atoms with Crippen LogP contribution in [0, 0.1) is 5.82 Å². The SMILES string of the molecule is CC(OC(=O)COc1ccc2ccccc2c1)C(=O)N(C)Cc1cccc(F)c1. The number of halogens is 1. The summed E-state index contributed by atoms with van der Waals surface area (Å²) >= 11 is 0. The molecule has 0 saturated carbocycles. The average Bonchev–Trinajstić information content (AvgIpc) is 2.71. The fourth-order valence-corrected chi connectivity index (χ4v) is 2.98. The lowest BCUT2D eigenvalue weighted by Gasteiger charge is -2.21. The van der Waals surface area contributed by atoms with Crippen LogP contribution in [0.25, 0.3) is 10.8 Å². The predicted octanol–water partition coefficient (Wildman–Crippen LogP) is 3.95. The Morgan fingerprint density at radius 2 is 1.76 bits per heavy atom. The second-order valence-electron chi connectivity index (χ2n) is 6.75. The highest BCUT2D eigenvalue weighted by Crippen LogP contribution is 2.20. The Bertz CT molecular complexity index is 1020. The predicted molar refractivity (Wildman–Crippen MR) is 108 cm³/mol. The largest absolute Gasteiger partial charge is 0.482 e. The third-order valence-corrected chi connectivity index (χ3v) is 4.42. The van der Waals surface area contributed by atoms with Gasteiger partial charge in [-0.3, -0.25) is 4.79 Å². The number of fused-ring (bicyclic) bond motifs is 1. The number of carbonyl (C=O) groups is 2. The van der Waals surface area contributed by atoms with Crippen molar-refractivity contribution in [3.63, 3.8) is 0 Å². The molecule has 0 N–H and O–H groups in total. The van der Waals surface area contributed by atoms with Crippen LogP contribution in [0.1, 0.15) is 12.5 Å². The van der Waals surface area contributed by atoms with Gasteiger partial charge in [-0.1, -0.05) is 42.5 Å². The van der Waals surface area contributed by atoms with Crippen molar-refractivity contribution in [2.24, 2.45) is 0 Å². The van der Waals surface area contributed by atoms with Crippen LogP contribution in [0.5, 0.6) is 5.75 Å². The number of hydrogen-bond donors (Lipinski definition) is 0. The number of nitrogens with zero attached hydrogens (tertiary/aromatic N) is 1. The fraction of sp³-hybridized carbons (Fsp3) is 0.217. The molecule has 0 aliphatic rings. The van der Waals surface area contributed by atoms with Gasteiger partial charge >= 0.3 is 5.97 Å². The van der Waals surface area contributed by atoms with Gasteiger partial charge in [0.1, 0.15) is 11.6 Å². The minimum Gasteiger partial charge on any atom is -0.482 e. The number of benzene rings is 3. The van der Waals surface area contributed by atoms with Gasteiger partial charge in [-0.2, -0.15) is 0 Å². The summed E-state index contributed by atoms with van der Waals surface area (Å²) in [5, 5.41) is 2.07. The number of ether oxygens (including phenoxy) is 2. The van der Waals surface area contributed by atoms with E-state index < -0.39 is 12.1 Å². The van der Waals surface area contributed by atoms with Crippen molar-refractivity contribution in [2.75, 3.05) is 13.7 Å². The zero-order valence-corrected chi connectivity index (χ0v) is 16.3. The van der Waals surface area contributed by atoms with Gasteiger partial charge in [0.15, 0.2) is 12.7 Å². The quantitative estimate of drug-likeness (QED) is 0.569. The van der Waals surface area contributed by atoms with Crippen molar-refractivity contribution in [1.29, 1.82) is 0 Å². The highest BCUT2D eigenvalue weighted by Gasteiger charge is 2.22. The van der Waals surface area contributed by atoms with Crippen LogP contribution >= 0.6 is 0 Å². The average molecular weight is 395 g/mol. The molecular formula is C23H22FNO4. The summed E-state index contributed by atoms with van der Waals surface area (Å²) in [4.78, 5) is 25.8. The van der Waals surface area contributed by atoms with E-state index in [2.05, 4.69) is 0 Å². The maximum atomic E-state index is 13.3. The molecule has 0 saturated heterocycles. The molecule has 3 rings (SSSR count). The van der Waals surface area contributed by atoms with Crippen LogP contribution in [-0.4, -0.2) is 36.5 Å². The molecule has 0 spiro atoms. The molecule has 0 aliphatic heterocycles. The molecule has 29 heavy (non-hydrogen) atoms. The standard InChI is InChI=1S/C23H22FNO4/c1-16(23(27)25(2)14-17-6-5-9-20(24)12-17)29-22(26)15-28-21-11-10-18-7-3-4-8-19(18)13-21/h3-13,16H,14-15H2,1-2H3. The summed E-state index contributed by atoms with van der Waals surface area (Å²) in [6.45, 7) is 1.41. The normalized spacial score (nSPS) is 11.7. The second-order valence-corrected chi connectivity index (χ2v) is 6.75. The first-order chi connectivity index (χ1) is 13.9. The number of amides is 1. The molecule has 1 amide bonds.